The minimum atomic E-state index is 0.372. The molecule has 3 heteroatoms. The first-order chi connectivity index (χ1) is 5.27. The summed E-state index contributed by atoms with van der Waals surface area (Å²) in [5.74, 6) is 0. The Morgan fingerprint density at radius 1 is 1.55 bits per heavy atom. The molecule has 60 valence electrons. The van der Waals surface area contributed by atoms with Crippen LogP contribution in [-0.4, -0.2) is 6.54 Å². The molecule has 0 aromatic carbocycles. The van der Waals surface area contributed by atoms with Crippen LogP contribution in [0.15, 0.2) is 15.9 Å². The van der Waals surface area contributed by atoms with Crippen LogP contribution in [0, 0.1) is 0 Å². The summed E-state index contributed by atoms with van der Waals surface area (Å²) in [5, 5.41) is 0. The molecule has 0 aliphatic heterocycles. The first-order valence-electron chi connectivity index (χ1n) is 3.73. The first-order valence-corrected chi connectivity index (χ1v) is 5.34. The SMILES string of the molecule is NCC1(c2ccc(Br)s2)CC1. The minimum Gasteiger partial charge on any atom is -0.330 e. The summed E-state index contributed by atoms with van der Waals surface area (Å²) in [5.41, 5.74) is 6.07. The fourth-order valence-corrected chi connectivity index (χ4v) is 2.94. The normalized spacial score (nSPS) is 20.2. The van der Waals surface area contributed by atoms with E-state index in [0.29, 0.717) is 5.41 Å². The van der Waals surface area contributed by atoms with Crippen molar-refractivity contribution in [2.75, 3.05) is 6.54 Å². The van der Waals surface area contributed by atoms with Crippen molar-refractivity contribution in [2.24, 2.45) is 5.73 Å². The second kappa shape index (κ2) is 2.57. The number of halogens is 1. The van der Waals surface area contributed by atoms with Gasteiger partial charge in [-0.15, -0.1) is 11.3 Å². The molecule has 1 nitrogen and oxygen atoms in total. The molecule has 0 amide bonds. The molecule has 1 aliphatic carbocycles. The number of hydrogen-bond donors (Lipinski definition) is 1. The van der Waals surface area contributed by atoms with Crippen molar-refractivity contribution >= 4 is 27.3 Å². The number of rotatable bonds is 2. The molecule has 1 aliphatic rings. The molecule has 1 heterocycles. The highest BCUT2D eigenvalue weighted by Crippen LogP contribution is 2.50. The second-order valence-corrected chi connectivity index (χ2v) is 5.55. The van der Waals surface area contributed by atoms with Crippen LogP contribution in [-0.2, 0) is 5.41 Å². The molecule has 2 rings (SSSR count). The molecule has 0 unspecified atom stereocenters. The van der Waals surface area contributed by atoms with Gasteiger partial charge in [-0.3, -0.25) is 0 Å². The summed E-state index contributed by atoms with van der Waals surface area (Å²) >= 11 is 5.28. The largest absolute Gasteiger partial charge is 0.330 e. The lowest BCUT2D eigenvalue weighted by molar-refractivity contribution is 0.720. The van der Waals surface area contributed by atoms with E-state index in [1.165, 1.54) is 21.5 Å². The third-order valence-electron chi connectivity index (χ3n) is 2.34. The van der Waals surface area contributed by atoms with Gasteiger partial charge in [-0.05, 0) is 40.9 Å². The monoisotopic (exact) mass is 231 g/mol. The van der Waals surface area contributed by atoms with Gasteiger partial charge >= 0.3 is 0 Å². The van der Waals surface area contributed by atoms with Crippen molar-refractivity contribution in [2.45, 2.75) is 18.3 Å². The van der Waals surface area contributed by atoms with Gasteiger partial charge in [-0.2, -0.15) is 0 Å². The maximum absolute atomic E-state index is 5.70. The Balaban J connectivity index is 2.29. The van der Waals surface area contributed by atoms with Crippen LogP contribution in [0.25, 0.3) is 0 Å². The lowest BCUT2D eigenvalue weighted by Crippen LogP contribution is -2.18. The van der Waals surface area contributed by atoms with E-state index in [2.05, 4.69) is 28.1 Å². The van der Waals surface area contributed by atoms with Crippen LogP contribution in [0.1, 0.15) is 17.7 Å². The first kappa shape index (κ1) is 7.77. The molecular weight excluding hydrogens is 222 g/mol. The lowest BCUT2D eigenvalue weighted by atomic mass is 10.1. The summed E-state index contributed by atoms with van der Waals surface area (Å²) in [6, 6.07) is 4.30. The van der Waals surface area contributed by atoms with E-state index in [0.717, 1.165) is 6.54 Å². The molecule has 0 spiro atoms. The maximum atomic E-state index is 5.70. The Morgan fingerprint density at radius 3 is 2.64 bits per heavy atom. The Morgan fingerprint density at radius 2 is 2.27 bits per heavy atom. The van der Waals surface area contributed by atoms with Crippen LogP contribution in [0.5, 0.6) is 0 Å². The molecule has 1 aromatic rings. The van der Waals surface area contributed by atoms with Crippen LogP contribution in [0.2, 0.25) is 0 Å². The molecule has 11 heavy (non-hydrogen) atoms. The van der Waals surface area contributed by atoms with Gasteiger partial charge in [0.15, 0.2) is 0 Å². The molecular formula is C8H10BrNS. The Hall–Kier alpha value is 0.140. The highest BCUT2D eigenvalue weighted by molar-refractivity contribution is 9.11. The number of thiophene rings is 1. The van der Waals surface area contributed by atoms with E-state index in [4.69, 9.17) is 5.73 Å². The zero-order valence-corrected chi connectivity index (χ0v) is 8.54. The fraction of sp³-hybridized carbons (Fsp3) is 0.500. The predicted molar refractivity (Wildman–Crippen MR) is 52.0 cm³/mol. The highest BCUT2D eigenvalue weighted by atomic mass is 79.9. The van der Waals surface area contributed by atoms with E-state index < -0.39 is 0 Å². The van der Waals surface area contributed by atoms with Gasteiger partial charge in [0.2, 0.25) is 0 Å². The van der Waals surface area contributed by atoms with Crippen molar-refractivity contribution in [1.82, 2.24) is 0 Å². The van der Waals surface area contributed by atoms with E-state index in [1.54, 1.807) is 0 Å². The summed E-state index contributed by atoms with van der Waals surface area (Å²) in [7, 11) is 0. The number of nitrogens with two attached hydrogens (primary N) is 1. The van der Waals surface area contributed by atoms with Gasteiger partial charge < -0.3 is 5.73 Å². The summed E-state index contributed by atoms with van der Waals surface area (Å²) in [6.45, 7) is 0.806. The Bertz CT molecular complexity index is 265. The summed E-state index contributed by atoms with van der Waals surface area (Å²) in [4.78, 5) is 1.45. The van der Waals surface area contributed by atoms with E-state index in [9.17, 15) is 0 Å². The number of hydrogen-bond acceptors (Lipinski definition) is 2. The maximum Gasteiger partial charge on any atom is 0.0701 e. The van der Waals surface area contributed by atoms with Crippen LogP contribution < -0.4 is 5.73 Å². The zero-order chi connectivity index (χ0) is 7.90. The van der Waals surface area contributed by atoms with Crippen molar-refractivity contribution in [3.05, 3.63) is 20.8 Å². The quantitative estimate of drug-likeness (QED) is 0.832. The van der Waals surface area contributed by atoms with Crippen molar-refractivity contribution in [3.63, 3.8) is 0 Å². The van der Waals surface area contributed by atoms with Gasteiger partial charge in [0, 0.05) is 16.8 Å². The van der Waals surface area contributed by atoms with Gasteiger partial charge in [0.1, 0.15) is 0 Å². The van der Waals surface area contributed by atoms with Gasteiger partial charge in [0.25, 0.3) is 0 Å². The van der Waals surface area contributed by atoms with Crippen LogP contribution in [0.3, 0.4) is 0 Å². The van der Waals surface area contributed by atoms with Gasteiger partial charge in [-0.1, -0.05) is 0 Å². The average Bonchev–Trinajstić information content (AvgIpc) is 2.70. The molecule has 0 radical (unpaired) electrons. The lowest BCUT2D eigenvalue weighted by Gasteiger charge is -2.07. The smallest absolute Gasteiger partial charge is 0.0701 e. The molecule has 1 saturated carbocycles. The van der Waals surface area contributed by atoms with Crippen molar-refractivity contribution in [3.8, 4) is 0 Å². The highest BCUT2D eigenvalue weighted by Gasteiger charge is 2.43. The Labute approximate surface area is 78.7 Å². The molecule has 1 aromatic heterocycles. The predicted octanol–water partition coefficient (Wildman–Crippen LogP) is 2.50. The second-order valence-electron chi connectivity index (χ2n) is 3.09. The summed E-state index contributed by atoms with van der Waals surface area (Å²) in [6.07, 6.45) is 2.55. The van der Waals surface area contributed by atoms with Crippen LogP contribution in [0.4, 0.5) is 0 Å². The third kappa shape index (κ3) is 1.25. The zero-order valence-electron chi connectivity index (χ0n) is 6.14. The van der Waals surface area contributed by atoms with Crippen molar-refractivity contribution in [1.29, 1.82) is 0 Å². The minimum absolute atomic E-state index is 0.372. The standard InChI is InChI=1S/C8H10BrNS/c9-7-2-1-6(11-7)8(5-10)3-4-8/h1-2H,3-5,10H2. The van der Waals surface area contributed by atoms with Crippen molar-refractivity contribution < 1.29 is 0 Å². The fourth-order valence-electron chi connectivity index (χ4n) is 1.30. The molecule has 0 atom stereocenters. The molecule has 1 fully saturated rings. The van der Waals surface area contributed by atoms with E-state index in [-0.39, 0.29) is 0 Å². The third-order valence-corrected chi connectivity index (χ3v) is 4.21. The molecule has 0 saturated heterocycles. The van der Waals surface area contributed by atoms with Gasteiger partial charge in [0.05, 0.1) is 3.79 Å². The van der Waals surface area contributed by atoms with Crippen LogP contribution >= 0.6 is 27.3 Å². The van der Waals surface area contributed by atoms with Gasteiger partial charge in [-0.25, -0.2) is 0 Å². The summed E-state index contributed by atoms with van der Waals surface area (Å²) < 4.78 is 1.22. The average molecular weight is 232 g/mol. The van der Waals surface area contributed by atoms with E-state index >= 15 is 0 Å². The van der Waals surface area contributed by atoms with E-state index in [1.807, 2.05) is 11.3 Å². The topological polar surface area (TPSA) is 26.0 Å². The Kier molecular flexibility index (Phi) is 1.82. The molecule has 2 N–H and O–H groups in total. The molecule has 0 bridgehead atoms.